The van der Waals surface area contributed by atoms with E-state index >= 15 is 0 Å². The number of rotatable bonds is 3. The molecule has 2 amide bonds. The maximum atomic E-state index is 14.0. The summed E-state index contributed by atoms with van der Waals surface area (Å²) in [5.41, 5.74) is 3.02. The van der Waals surface area contributed by atoms with E-state index in [9.17, 15) is 39.3 Å². The predicted molar refractivity (Wildman–Crippen MR) is 150 cm³/mol. The van der Waals surface area contributed by atoms with E-state index in [1.165, 1.54) is 12.1 Å². The van der Waals surface area contributed by atoms with Crippen LogP contribution in [0, 0.1) is 31.6 Å². The molecule has 1 saturated heterocycles. The summed E-state index contributed by atoms with van der Waals surface area (Å²) in [4.78, 5) is 66.6. The monoisotopic (exact) mass is 617 g/mol. The van der Waals surface area contributed by atoms with Gasteiger partial charge in [-0.1, -0.05) is 23.8 Å². The van der Waals surface area contributed by atoms with Crippen molar-refractivity contribution in [1.29, 1.82) is 0 Å². The fourth-order valence-electron chi connectivity index (χ4n) is 6.84. The third kappa shape index (κ3) is 3.92. The number of allylic oxidation sites excluding steroid dienone is 6. The number of halogens is 1. The second kappa shape index (κ2) is 9.37. The van der Waals surface area contributed by atoms with Gasteiger partial charge in [0.05, 0.1) is 22.0 Å². The molecule has 0 spiro atoms. The fourth-order valence-corrected chi connectivity index (χ4v) is 7.28. The van der Waals surface area contributed by atoms with Gasteiger partial charge in [0, 0.05) is 29.2 Å². The number of imide groups is 1. The third-order valence-corrected chi connectivity index (χ3v) is 9.24. The molecular weight excluding hydrogens is 594 g/mol. The molecule has 1 heterocycles. The number of benzene rings is 2. The molecule has 4 aliphatic rings. The second-order valence-corrected chi connectivity index (χ2v) is 11.8. The zero-order valence-electron chi connectivity index (χ0n) is 22.0. The average Bonchev–Trinajstić information content (AvgIpc) is 3.18. The van der Waals surface area contributed by atoms with Crippen LogP contribution >= 0.6 is 15.9 Å². The lowest BCUT2D eigenvalue weighted by atomic mass is 9.59. The zero-order chi connectivity index (χ0) is 29.5. The predicted octanol–water partition coefficient (Wildman–Crippen LogP) is 4.38. The van der Waals surface area contributed by atoms with E-state index < -0.39 is 47.2 Å². The van der Waals surface area contributed by atoms with Crippen LogP contribution in [-0.4, -0.2) is 44.7 Å². The molecular formula is C31H24BrNO8. The first-order valence-electron chi connectivity index (χ1n) is 13.0. The molecule has 0 bridgehead atoms. The highest BCUT2D eigenvalue weighted by Gasteiger charge is 2.56. The van der Waals surface area contributed by atoms with Gasteiger partial charge in [-0.2, -0.15) is 0 Å². The van der Waals surface area contributed by atoms with Gasteiger partial charge >= 0.3 is 5.97 Å². The van der Waals surface area contributed by atoms with E-state index in [4.69, 9.17) is 0 Å². The highest BCUT2D eigenvalue weighted by Crippen LogP contribution is 2.56. The Hall–Kier alpha value is -4.31. The van der Waals surface area contributed by atoms with Gasteiger partial charge in [-0.25, -0.2) is 9.69 Å². The van der Waals surface area contributed by atoms with Gasteiger partial charge < -0.3 is 15.3 Å². The first kappa shape index (κ1) is 26.9. The number of carbonyl (C=O) groups is 5. The van der Waals surface area contributed by atoms with Crippen LogP contribution in [-0.2, 0) is 19.2 Å². The summed E-state index contributed by atoms with van der Waals surface area (Å²) < 4.78 is 0.127. The number of carboxylic acid groups (broad SMARTS) is 1. The van der Waals surface area contributed by atoms with Crippen LogP contribution in [0.2, 0.25) is 0 Å². The largest absolute Gasteiger partial charge is 0.507 e. The Bertz CT molecular complexity index is 1710. The van der Waals surface area contributed by atoms with Crippen molar-refractivity contribution < 1.29 is 39.3 Å². The van der Waals surface area contributed by atoms with Crippen molar-refractivity contribution in [2.75, 3.05) is 4.90 Å². The van der Waals surface area contributed by atoms with Crippen molar-refractivity contribution in [3.8, 4) is 11.5 Å². The standard InChI is InChI=1S/C31H24BrNO8/c1-12-7-14(8-13(2)27(12)36)24-16-5-6-18-25(19(16)10-20-26(24)23(35)11-21(32)28(20)37)30(39)33(29(18)38)15-3-4-17(31(40)41)22(34)9-15/h3-5,7-9,11,18-19,24-25,34,36H,6,10H2,1-2H3,(H,40,41). The Morgan fingerprint density at radius 3 is 2.29 bits per heavy atom. The molecule has 0 radical (unpaired) electrons. The maximum Gasteiger partial charge on any atom is 0.339 e. The van der Waals surface area contributed by atoms with Crippen molar-refractivity contribution in [2.45, 2.75) is 32.6 Å². The van der Waals surface area contributed by atoms with E-state index in [2.05, 4.69) is 15.9 Å². The molecule has 2 aromatic carbocycles. The van der Waals surface area contributed by atoms with E-state index in [0.29, 0.717) is 27.8 Å². The van der Waals surface area contributed by atoms with Gasteiger partial charge in [0.25, 0.3) is 0 Å². The van der Waals surface area contributed by atoms with E-state index in [1.54, 1.807) is 26.0 Å². The molecule has 4 atom stereocenters. The summed E-state index contributed by atoms with van der Waals surface area (Å²) in [5, 5.41) is 29.9. The van der Waals surface area contributed by atoms with Crippen molar-refractivity contribution in [2.24, 2.45) is 17.8 Å². The molecule has 9 nitrogen and oxygen atoms in total. The Labute approximate surface area is 242 Å². The average molecular weight is 618 g/mol. The van der Waals surface area contributed by atoms with E-state index in [0.717, 1.165) is 22.6 Å². The van der Waals surface area contributed by atoms with Gasteiger partial charge in [0.2, 0.25) is 11.8 Å². The number of aryl methyl sites for hydroxylation is 2. The lowest BCUT2D eigenvalue weighted by Crippen LogP contribution is -2.39. The first-order valence-corrected chi connectivity index (χ1v) is 13.8. The number of phenolic OH excluding ortho intramolecular Hbond substituents is 1. The number of ketones is 2. The normalized spacial score (nSPS) is 25.5. The molecule has 1 aliphatic heterocycles. The number of aromatic hydroxyl groups is 2. The maximum absolute atomic E-state index is 14.0. The molecule has 2 aromatic rings. The number of amides is 2. The Morgan fingerprint density at radius 2 is 1.66 bits per heavy atom. The number of hydrogen-bond acceptors (Lipinski definition) is 7. The van der Waals surface area contributed by atoms with Crippen LogP contribution in [0.1, 0.15) is 45.8 Å². The highest BCUT2D eigenvalue weighted by molar-refractivity contribution is 9.12. The SMILES string of the molecule is Cc1cc(C2C3=CCC4C(=O)N(c5ccc(C(=O)O)c(O)c5)C(=O)C4C3CC3=C2C(=O)C=C(Br)C3=O)cc(C)c1O. The summed E-state index contributed by atoms with van der Waals surface area (Å²) in [6, 6.07) is 7.08. The number of fused-ring (bicyclic) bond motifs is 3. The minimum absolute atomic E-state index is 0.0603. The quantitative estimate of drug-likeness (QED) is 0.261. The number of nitrogens with zero attached hydrogens (tertiary/aromatic N) is 1. The summed E-state index contributed by atoms with van der Waals surface area (Å²) >= 11 is 3.21. The number of anilines is 1. The summed E-state index contributed by atoms with van der Waals surface area (Å²) in [5.74, 6) is -6.19. The van der Waals surface area contributed by atoms with Crippen LogP contribution in [0.3, 0.4) is 0 Å². The molecule has 41 heavy (non-hydrogen) atoms. The Kier molecular flexibility index (Phi) is 6.15. The number of carboxylic acids is 1. The summed E-state index contributed by atoms with van der Waals surface area (Å²) in [6.45, 7) is 3.50. The van der Waals surface area contributed by atoms with E-state index in [-0.39, 0.29) is 45.9 Å². The van der Waals surface area contributed by atoms with Crippen LogP contribution in [0.4, 0.5) is 5.69 Å². The van der Waals surface area contributed by atoms with Crippen LogP contribution in [0.5, 0.6) is 11.5 Å². The first-order chi connectivity index (χ1) is 19.4. The number of aromatic carboxylic acids is 1. The van der Waals surface area contributed by atoms with Gasteiger partial charge in [-0.15, -0.1) is 0 Å². The van der Waals surface area contributed by atoms with E-state index in [1.807, 2.05) is 6.08 Å². The van der Waals surface area contributed by atoms with Gasteiger partial charge in [-0.05, 0) is 77.4 Å². The lowest BCUT2D eigenvalue weighted by Gasteiger charge is -2.42. The van der Waals surface area contributed by atoms with Crippen molar-refractivity contribution in [3.05, 3.63) is 85.9 Å². The molecule has 0 aromatic heterocycles. The number of hydrogen-bond donors (Lipinski definition) is 3. The molecule has 208 valence electrons. The van der Waals surface area contributed by atoms with Gasteiger partial charge in [0.1, 0.15) is 17.1 Å². The van der Waals surface area contributed by atoms with Crippen molar-refractivity contribution in [3.63, 3.8) is 0 Å². The van der Waals surface area contributed by atoms with Crippen molar-refractivity contribution >= 4 is 51.0 Å². The summed E-state index contributed by atoms with van der Waals surface area (Å²) in [6.07, 6.45) is 3.48. The molecule has 6 rings (SSSR count). The minimum Gasteiger partial charge on any atom is -0.507 e. The van der Waals surface area contributed by atoms with Crippen LogP contribution < -0.4 is 4.90 Å². The Balaban J connectivity index is 1.48. The Morgan fingerprint density at radius 1 is 0.976 bits per heavy atom. The topological polar surface area (TPSA) is 149 Å². The number of Topliss-reactive ketones (excluding diaryl/α,β-unsaturated/α-hetero) is 1. The molecule has 10 heteroatoms. The van der Waals surface area contributed by atoms with Gasteiger partial charge in [-0.3, -0.25) is 19.2 Å². The summed E-state index contributed by atoms with van der Waals surface area (Å²) in [7, 11) is 0. The second-order valence-electron chi connectivity index (χ2n) is 10.9. The highest BCUT2D eigenvalue weighted by atomic mass is 79.9. The molecule has 3 aliphatic carbocycles. The zero-order valence-corrected chi connectivity index (χ0v) is 23.6. The molecule has 3 N–H and O–H groups in total. The minimum atomic E-state index is -1.35. The number of phenols is 2. The third-order valence-electron chi connectivity index (χ3n) is 8.65. The van der Waals surface area contributed by atoms with Crippen LogP contribution in [0.25, 0.3) is 0 Å². The lowest BCUT2D eigenvalue weighted by molar-refractivity contribution is -0.123. The molecule has 1 fully saturated rings. The smallest absolute Gasteiger partial charge is 0.339 e. The molecule has 4 unspecified atom stereocenters. The van der Waals surface area contributed by atoms with Crippen molar-refractivity contribution in [1.82, 2.24) is 0 Å². The van der Waals surface area contributed by atoms with Crippen LogP contribution in [0.15, 0.2) is 63.7 Å². The fraction of sp³-hybridized carbons (Fsp3) is 0.258. The van der Waals surface area contributed by atoms with Gasteiger partial charge in [0.15, 0.2) is 11.6 Å². The molecule has 0 saturated carbocycles. The number of carbonyl (C=O) groups excluding carboxylic acids is 4.